The molecule has 0 atom stereocenters. The number of hydrogen-bond donors (Lipinski definition) is 2. The lowest BCUT2D eigenvalue weighted by Gasteiger charge is -2.08. The fourth-order valence-electron chi connectivity index (χ4n) is 2.01. The van der Waals surface area contributed by atoms with Crippen molar-refractivity contribution in [3.63, 3.8) is 0 Å². The minimum atomic E-state index is -0.584. The highest BCUT2D eigenvalue weighted by Gasteiger charge is 2.12. The molecule has 1 amide bonds. The molecular weight excluding hydrogens is 259 g/mol. The number of benzene rings is 1. The first kappa shape index (κ1) is 14.0. The third-order valence-electron chi connectivity index (χ3n) is 3.04. The van der Waals surface area contributed by atoms with Crippen LogP contribution in [-0.4, -0.2) is 10.9 Å². The first-order chi connectivity index (χ1) is 9.49. The molecule has 0 bridgehead atoms. The van der Waals surface area contributed by atoms with E-state index in [2.05, 4.69) is 10.3 Å². The van der Waals surface area contributed by atoms with Crippen molar-refractivity contribution >= 4 is 5.91 Å². The van der Waals surface area contributed by atoms with Gasteiger partial charge in [0, 0.05) is 17.8 Å². The summed E-state index contributed by atoms with van der Waals surface area (Å²) in [5, 5.41) is 2.56. The van der Waals surface area contributed by atoms with Crippen LogP contribution in [0.3, 0.4) is 0 Å². The molecular formula is C15H15FN2O2. The van der Waals surface area contributed by atoms with Crippen LogP contribution in [0.15, 0.2) is 35.1 Å². The van der Waals surface area contributed by atoms with Crippen LogP contribution in [0.4, 0.5) is 4.39 Å². The lowest BCUT2D eigenvalue weighted by molar-refractivity contribution is 0.0946. The van der Waals surface area contributed by atoms with Crippen LogP contribution in [-0.2, 0) is 6.54 Å². The lowest BCUT2D eigenvalue weighted by atomic mass is 10.1. The minimum Gasteiger partial charge on any atom is -0.348 e. The predicted molar refractivity (Wildman–Crippen MR) is 74.1 cm³/mol. The van der Waals surface area contributed by atoms with Crippen LogP contribution in [0, 0.1) is 19.7 Å². The molecule has 4 nitrogen and oxygen atoms in total. The van der Waals surface area contributed by atoms with E-state index in [1.54, 1.807) is 19.9 Å². The number of rotatable bonds is 3. The van der Waals surface area contributed by atoms with Crippen molar-refractivity contribution in [1.82, 2.24) is 10.3 Å². The maximum absolute atomic E-state index is 13.4. The van der Waals surface area contributed by atoms with E-state index in [4.69, 9.17) is 0 Å². The van der Waals surface area contributed by atoms with Crippen LogP contribution in [0.5, 0.6) is 0 Å². The van der Waals surface area contributed by atoms with Gasteiger partial charge in [-0.1, -0.05) is 12.1 Å². The summed E-state index contributed by atoms with van der Waals surface area (Å²) in [6.45, 7) is 3.65. The van der Waals surface area contributed by atoms with Crippen molar-refractivity contribution in [3.05, 3.63) is 68.9 Å². The second-order valence-electron chi connectivity index (χ2n) is 4.61. The van der Waals surface area contributed by atoms with Gasteiger partial charge in [0.15, 0.2) is 0 Å². The topological polar surface area (TPSA) is 62.0 Å². The molecule has 0 unspecified atom stereocenters. The number of aromatic amines is 1. The number of halogens is 1. The Morgan fingerprint density at radius 2 is 2.00 bits per heavy atom. The van der Waals surface area contributed by atoms with Crippen molar-refractivity contribution in [2.24, 2.45) is 0 Å². The zero-order chi connectivity index (χ0) is 14.7. The number of pyridine rings is 1. The molecule has 0 fully saturated rings. The van der Waals surface area contributed by atoms with E-state index in [1.165, 1.54) is 18.2 Å². The van der Waals surface area contributed by atoms with Crippen molar-refractivity contribution < 1.29 is 9.18 Å². The van der Waals surface area contributed by atoms with Gasteiger partial charge in [-0.25, -0.2) is 4.39 Å². The van der Waals surface area contributed by atoms with E-state index < -0.39 is 11.7 Å². The average Bonchev–Trinajstić information content (AvgIpc) is 2.37. The Morgan fingerprint density at radius 3 is 2.65 bits per heavy atom. The summed E-state index contributed by atoms with van der Waals surface area (Å²) >= 11 is 0. The number of nitrogens with one attached hydrogen (secondary N) is 2. The van der Waals surface area contributed by atoms with Crippen LogP contribution in [0.25, 0.3) is 0 Å². The lowest BCUT2D eigenvalue weighted by Crippen LogP contribution is -2.28. The maximum Gasteiger partial charge on any atom is 0.254 e. The van der Waals surface area contributed by atoms with E-state index in [0.717, 1.165) is 11.3 Å². The Bertz CT molecular complexity index is 707. The first-order valence-electron chi connectivity index (χ1n) is 6.21. The van der Waals surface area contributed by atoms with E-state index in [-0.39, 0.29) is 17.7 Å². The highest BCUT2D eigenvalue weighted by Crippen LogP contribution is 2.07. The third-order valence-corrected chi connectivity index (χ3v) is 3.04. The molecule has 0 aliphatic carbocycles. The van der Waals surface area contributed by atoms with Gasteiger partial charge in [0.2, 0.25) is 0 Å². The maximum atomic E-state index is 13.4. The number of carbonyl (C=O) groups is 1. The fourth-order valence-corrected chi connectivity index (χ4v) is 2.01. The van der Waals surface area contributed by atoms with Gasteiger partial charge in [0.05, 0.1) is 5.56 Å². The molecule has 1 heterocycles. The Kier molecular flexibility index (Phi) is 3.98. The number of aryl methyl sites for hydroxylation is 2. The largest absolute Gasteiger partial charge is 0.348 e. The molecule has 20 heavy (non-hydrogen) atoms. The van der Waals surface area contributed by atoms with Gasteiger partial charge in [-0.15, -0.1) is 0 Å². The molecule has 0 saturated heterocycles. The molecule has 0 saturated carbocycles. The van der Waals surface area contributed by atoms with Crippen molar-refractivity contribution in [1.29, 1.82) is 0 Å². The van der Waals surface area contributed by atoms with Crippen molar-refractivity contribution in [2.75, 3.05) is 0 Å². The third kappa shape index (κ3) is 2.93. The normalized spacial score (nSPS) is 10.3. The highest BCUT2D eigenvalue weighted by molar-refractivity contribution is 5.94. The van der Waals surface area contributed by atoms with Gasteiger partial charge >= 0.3 is 0 Å². The van der Waals surface area contributed by atoms with Gasteiger partial charge in [0.25, 0.3) is 11.5 Å². The van der Waals surface area contributed by atoms with Gasteiger partial charge in [-0.2, -0.15) is 0 Å². The molecule has 2 N–H and O–H groups in total. The summed E-state index contributed by atoms with van der Waals surface area (Å²) in [4.78, 5) is 26.3. The Morgan fingerprint density at radius 1 is 1.30 bits per heavy atom. The second kappa shape index (κ2) is 5.69. The van der Waals surface area contributed by atoms with Gasteiger partial charge < -0.3 is 10.3 Å². The number of carbonyl (C=O) groups excluding carboxylic acids is 1. The summed E-state index contributed by atoms with van der Waals surface area (Å²) in [6.07, 6.45) is 0. The molecule has 1 aromatic heterocycles. The number of H-pyrrole nitrogens is 1. The molecule has 0 radical (unpaired) electrons. The van der Waals surface area contributed by atoms with E-state index in [0.29, 0.717) is 5.56 Å². The smallest absolute Gasteiger partial charge is 0.254 e. The summed E-state index contributed by atoms with van der Waals surface area (Å²) < 4.78 is 13.4. The van der Waals surface area contributed by atoms with Gasteiger partial charge in [0.1, 0.15) is 5.82 Å². The summed E-state index contributed by atoms with van der Waals surface area (Å²) in [5.74, 6) is -1.12. The SMILES string of the molecule is Cc1cc(C)c(CNC(=O)c2ccccc2F)c(=O)[nH]1. The van der Waals surface area contributed by atoms with E-state index in [1.807, 2.05) is 6.07 Å². The van der Waals surface area contributed by atoms with Gasteiger partial charge in [-0.3, -0.25) is 9.59 Å². The van der Waals surface area contributed by atoms with E-state index in [9.17, 15) is 14.0 Å². The number of aromatic nitrogens is 1. The fraction of sp³-hybridized carbons (Fsp3) is 0.200. The molecule has 5 heteroatoms. The van der Waals surface area contributed by atoms with Crippen molar-refractivity contribution in [3.8, 4) is 0 Å². The highest BCUT2D eigenvalue weighted by atomic mass is 19.1. The predicted octanol–water partition coefficient (Wildman–Crippen LogP) is 2.06. The zero-order valence-corrected chi connectivity index (χ0v) is 11.3. The monoisotopic (exact) mass is 274 g/mol. The van der Waals surface area contributed by atoms with Crippen LogP contribution < -0.4 is 10.9 Å². The number of amides is 1. The summed E-state index contributed by atoms with van der Waals surface area (Å²) in [5.41, 5.74) is 1.75. The van der Waals surface area contributed by atoms with E-state index >= 15 is 0 Å². The molecule has 2 rings (SSSR count). The molecule has 0 aliphatic rings. The second-order valence-corrected chi connectivity index (χ2v) is 4.61. The summed E-state index contributed by atoms with van der Waals surface area (Å²) in [7, 11) is 0. The molecule has 0 spiro atoms. The average molecular weight is 274 g/mol. The zero-order valence-electron chi connectivity index (χ0n) is 11.3. The standard InChI is InChI=1S/C15H15FN2O2/c1-9-7-10(2)18-15(20)12(9)8-17-14(19)11-5-3-4-6-13(11)16/h3-7H,8H2,1-2H3,(H,17,19)(H,18,20). The van der Waals surface area contributed by atoms with Crippen LogP contribution in [0.1, 0.15) is 27.2 Å². The Balaban J connectivity index is 2.16. The van der Waals surface area contributed by atoms with Crippen LogP contribution in [0.2, 0.25) is 0 Å². The quantitative estimate of drug-likeness (QED) is 0.900. The van der Waals surface area contributed by atoms with Crippen LogP contribution >= 0.6 is 0 Å². The van der Waals surface area contributed by atoms with Crippen molar-refractivity contribution in [2.45, 2.75) is 20.4 Å². The molecule has 1 aromatic carbocycles. The Hall–Kier alpha value is -2.43. The van der Waals surface area contributed by atoms with Gasteiger partial charge in [-0.05, 0) is 37.6 Å². The molecule has 104 valence electrons. The number of hydrogen-bond acceptors (Lipinski definition) is 2. The Labute approximate surface area is 115 Å². The summed E-state index contributed by atoms with van der Waals surface area (Å²) in [6, 6.07) is 7.55. The molecule has 2 aromatic rings. The minimum absolute atomic E-state index is 0.0336. The molecule has 0 aliphatic heterocycles. The first-order valence-corrected chi connectivity index (χ1v) is 6.21.